The molecule has 0 aromatic carbocycles. The lowest BCUT2D eigenvalue weighted by atomic mass is 9.85. The molecule has 1 aromatic heterocycles. The number of rotatable bonds is 4. The van der Waals surface area contributed by atoms with Gasteiger partial charge in [0.05, 0.1) is 0 Å². The van der Waals surface area contributed by atoms with Gasteiger partial charge in [-0.15, -0.1) is 11.3 Å². The first-order valence-corrected chi connectivity index (χ1v) is 7.57. The van der Waals surface area contributed by atoms with Crippen molar-refractivity contribution >= 4 is 11.3 Å². The Hall–Kier alpha value is -0.380. The third kappa shape index (κ3) is 2.28. The van der Waals surface area contributed by atoms with Crippen LogP contribution in [0.3, 0.4) is 0 Å². The number of fused-ring (bicyclic) bond motifs is 2. The third-order valence-corrected chi connectivity index (χ3v) is 5.63. The average molecular weight is 250 g/mol. The van der Waals surface area contributed by atoms with E-state index >= 15 is 0 Å². The van der Waals surface area contributed by atoms with Gasteiger partial charge in [0.2, 0.25) is 0 Å². The molecule has 94 valence electrons. The van der Waals surface area contributed by atoms with Crippen LogP contribution in [0.5, 0.6) is 0 Å². The fourth-order valence-corrected chi connectivity index (χ4v) is 4.56. The summed E-state index contributed by atoms with van der Waals surface area (Å²) in [6.45, 7) is 4.29. The van der Waals surface area contributed by atoms with Gasteiger partial charge < -0.3 is 11.1 Å². The van der Waals surface area contributed by atoms with Gasteiger partial charge in [-0.3, -0.25) is 0 Å². The van der Waals surface area contributed by atoms with Crippen LogP contribution in [0.1, 0.15) is 29.0 Å². The van der Waals surface area contributed by atoms with Crippen molar-refractivity contribution < 1.29 is 0 Å². The lowest BCUT2D eigenvalue weighted by Crippen LogP contribution is -2.41. The lowest BCUT2D eigenvalue weighted by Gasteiger charge is -2.28. The molecule has 0 spiro atoms. The molecular weight excluding hydrogens is 228 g/mol. The molecule has 3 heteroatoms. The van der Waals surface area contributed by atoms with E-state index in [1.165, 1.54) is 29.0 Å². The molecule has 0 aliphatic heterocycles. The first kappa shape index (κ1) is 11.7. The molecule has 3 rings (SSSR count). The van der Waals surface area contributed by atoms with Crippen LogP contribution in [-0.4, -0.2) is 12.6 Å². The molecule has 2 aliphatic carbocycles. The molecule has 17 heavy (non-hydrogen) atoms. The number of aryl methyl sites for hydroxylation is 1. The Bertz CT molecular complexity index is 385. The van der Waals surface area contributed by atoms with Crippen molar-refractivity contribution in [2.45, 2.75) is 38.8 Å². The maximum atomic E-state index is 6.31. The quantitative estimate of drug-likeness (QED) is 0.862. The second kappa shape index (κ2) is 4.71. The van der Waals surface area contributed by atoms with Crippen LogP contribution in [0.25, 0.3) is 0 Å². The van der Waals surface area contributed by atoms with Gasteiger partial charge in [0.1, 0.15) is 0 Å². The van der Waals surface area contributed by atoms with Gasteiger partial charge in [-0.25, -0.2) is 0 Å². The summed E-state index contributed by atoms with van der Waals surface area (Å²) in [6, 6.07) is 4.89. The molecular formula is C14H22N2S. The van der Waals surface area contributed by atoms with E-state index in [2.05, 4.69) is 24.4 Å². The molecule has 2 bridgehead atoms. The van der Waals surface area contributed by atoms with Gasteiger partial charge in [-0.05, 0) is 56.1 Å². The standard InChI is InChI=1S/C14H22N2S/c1-9-2-5-12(17-9)7-16-8-13-10-3-4-11(6-10)14(13)15/h2,5,10-11,13-14,16H,3-4,6-8,15H2,1H3. The summed E-state index contributed by atoms with van der Waals surface area (Å²) in [6.07, 6.45) is 4.20. The maximum Gasteiger partial charge on any atom is 0.0299 e. The highest BCUT2D eigenvalue weighted by atomic mass is 32.1. The largest absolute Gasteiger partial charge is 0.327 e. The summed E-state index contributed by atoms with van der Waals surface area (Å²) in [5, 5.41) is 3.60. The van der Waals surface area contributed by atoms with Gasteiger partial charge in [0, 0.05) is 28.9 Å². The Labute approximate surface area is 108 Å². The van der Waals surface area contributed by atoms with E-state index in [0.717, 1.165) is 30.8 Å². The summed E-state index contributed by atoms with van der Waals surface area (Å²) >= 11 is 1.89. The summed E-state index contributed by atoms with van der Waals surface area (Å²) in [4.78, 5) is 2.85. The van der Waals surface area contributed by atoms with Gasteiger partial charge in [-0.2, -0.15) is 0 Å². The molecule has 0 saturated heterocycles. The second-order valence-corrected chi connectivity index (χ2v) is 7.09. The molecule has 1 aromatic rings. The van der Waals surface area contributed by atoms with Gasteiger partial charge >= 0.3 is 0 Å². The second-order valence-electron chi connectivity index (χ2n) is 5.72. The molecule has 4 atom stereocenters. The number of nitrogens with one attached hydrogen (secondary N) is 1. The van der Waals surface area contributed by atoms with Crippen LogP contribution in [0.2, 0.25) is 0 Å². The molecule has 2 fully saturated rings. The molecule has 4 unspecified atom stereocenters. The van der Waals surface area contributed by atoms with Gasteiger partial charge in [0.15, 0.2) is 0 Å². The van der Waals surface area contributed by atoms with E-state index < -0.39 is 0 Å². The number of hydrogen-bond donors (Lipinski definition) is 2. The van der Waals surface area contributed by atoms with E-state index in [1.54, 1.807) is 0 Å². The van der Waals surface area contributed by atoms with Crippen molar-refractivity contribution in [2.75, 3.05) is 6.54 Å². The average Bonchev–Trinajstić information content (AvgIpc) is 2.97. The zero-order valence-corrected chi connectivity index (χ0v) is 11.3. The Kier molecular flexibility index (Phi) is 3.24. The van der Waals surface area contributed by atoms with E-state index in [4.69, 9.17) is 5.73 Å². The first-order chi connectivity index (χ1) is 8.24. The minimum absolute atomic E-state index is 0.464. The SMILES string of the molecule is Cc1ccc(CNCC2C3CCC(C3)C2N)s1. The highest BCUT2D eigenvalue weighted by Gasteiger charge is 2.45. The lowest BCUT2D eigenvalue weighted by molar-refractivity contribution is 0.278. The van der Waals surface area contributed by atoms with E-state index in [0.29, 0.717) is 6.04 Å². The summed E-state index contributed by atoms with van der Waals surface area (Å²) in [5.41, 5.74) is 6.31. The van der Waals surface area contributed by atoms with Crippen LogP contribution in [0, 0.1) is 24.7 Å². The summed E-state index contributed by atoms with van der Waals surface area (Å²) in [7, 11) is 0. The van der Waals surface area contributed by atoms with Crippen molar-refractivity contribution in [1.82, 2.24) is 5.32 Å². The van der Waals surface area contributed by atoms with Gasteiger partial charge in [-0.1, -0.05) is 0 Å². The minimum Gasteiger partial charge on any atom is -0.327 e. The predicted octanol–water partition coefficient (Wildman–Crippen LogP) is 2.52. The monoisotopic (exact) mass is 250 g/mol. The molecule has 0 amide bonds. The normalized spacial score (nSPS) is 35.6. The fraction of sp³-hybridized carbons (Fsp3) is 0.714. The van der Waals surface area contributed by atoms with Crippen molar-refractivity contribution in [3.63, 3.8) is 0 Å². The Balaban J connectivity index is 1.48. The maximum absolute atomic E-state index is 6.31. The van der Waals surface area contributed by atoms with Gasteiger partial charge in [0.25, 0.3) is 0 Å². The summed E-state index contributed by atoms with van der Waals surface area (Å²) in [5.74, 6) is 2.47. The molecule has 3 N–H and O–H groups in total. The molecule has 1 heterocycles. The molecule has 2 aliphatic rings. The van der Waals surface area contributed by atoms with Crippen molar-refractivity contribution in [3.05, 3.63) is 21.9 Å². The molecule has 2 nitrogen and oxygen atoms in total. The van der Waals surface area contributed by atoms with E-state index in [-0.39, 0.29) is 0 Å². The molecule has 0 radical (unpaired) electrons. The first-order valence-electron chi connectivity index (χ1n) is 6.75. The van der Waals surface area contributed by atoms with Crippen LogP contribution in [0.15, 0.2) is 12.1 Å². The predicted molar refractivity (Wildman–Crippen MR) is 73.1 cm³/mol. The molecule has 2 saturated carbocycles. The number of nitrogens with two attached hydrogens (primary N) is 1. The topological polar surface area (TPSA) is 38.0 Å². The highest BCUT2D eigenvalue weighted by molar-refractivity contribution is 7.11. The smallest absolute Gasteiger partial charge is 0.0299 e. The fourth-order valence-electron chi connectivity index (χ4n) is 3.70. The van der Waals surface area contributed by atoms with Crippen LogP contribution < -0.4 is 11.1 Å². The van der Waals surface area contributed by atoms with Crippen molar-refractivity contribution in [2.24, 2.45) is 23.5 Å². The number of hydrogen-bond acceptors (Lipinski definition) is 3. The number of thiophene rings is 1. The van der Waals surface area contributed by atoms with Crippen molar-refractivity contribution in [1.29, 1.82) is 0 Å². The summed E-state index contributed by atoms with van der Waals surface area (Å²) < 4.78 is 0. The third-order valence-electron chi connectivity index (χ3n) is 4.63. The zero-order chi connectivity index (χ0) is 11.8. The van der Waals surface area contributed by atoms with Crippen molar-refractivity contribution in [3.8, 4) is 0 Å². The zero-order valence-electron chi connectivity index (χ0n) is 10.5. The van der Waals surface area contributed by atoms with Crippen LogP contribution >= 0.6 is 11.3 Å². The van der Waals surface area contributed by atoms with E-state index in [1.807, 2.05) is 11.3 Å². The highest BCUT2D eigenvalue weighted by Crippen LogP contribution is 2.47. The Morgan fingerprint density at radius 2 is 2.18 bits per heavy atom. The van der Waals surface area contributed by atoms with E-state index in [9.17, 15) is 0 Å². The van der Waals surface area contributed by atoms with Crippen LogP contribution in [-0.2, 0) is 6.54 Å². The Morgan fingerprint density at radius 3 is 2.82 bits per heavy atom. The Morgan fingerprint density at radius 1 is 1.35 bits per heavy atom. The minimum atomic E-state index is 0.464. The van der Waals surface area contributed by atoms with Crippen LogP contribution in [0.4, 0.5) is 0 Å².